The van der Waals surface area contributed by atoms with Gasteiger partial charge >= 0.3 is 0 Å². The van der Waals surface area contributed by atoms with Crippen LogP contribution in [-0.4, -0.2) is 35.9 Å². The molecule has 1 N–H and O–H groups in total. The van der Waals surface area contributed by atoms with Crippen LogP contribution in [0.4, 0.5) is 0 Å². The Morgan fingerprint density at radius 2 is 2.00 bits per heavy atom. The van der Waals surface area contributed by atoms with Gasteiger partial charge in [0.05, 0.1) is 13.0 Å². The molecule has 2 rings (SSSR count). The lowest BCUT2D eigenvalue weighted by Gasteiger charge is -2.26. The molecular formula is C18H26N2O3. The van der Waals surface area contributed by atoms with Crippen LogP contribution >= 0.6 is 0 Å². The van der Waals surface area contributed by atoms with Crippen LogP contribution in [-0.2, 0) is 16.1 Å². The predicted molar refractivity (Wildman–Crippen MR) is 89.0 cm³/mol. The van der Waals surface area contributed by atoms with Gasteiger partial charge in [0, 0.05) is 25.0 Å². The van der Waals surface area contributed by atoms with E-state index in [9.17, 15) is 9.59 Å². The lowest BCUT2D eigenvalue weighted by atomic mass is 9.99. The van der Waals surface area contributed by atoms with Crippen LogP contribution in [0.2, 0.25) is 0 Å². The van der Waals surface area contributed by atoms with Gasteiger partial charge in [-0.3, -0.25) is 9.59 Å². The highest BCUT2D eigenvalue weighted by atomic mass is 16.5. The van der Waals surface area contributed by atoms with Gasteiger partial charge in [0.15, 0.2) is 0 Å². The van der Waals surface area contributed by atoms with Crippen molar-refractivity contribution < 1.29 is 14.3 Å². The number of hydrogen-bond acceptors (Lipinski definition) is 3. The minimum absolute atomic E-state index is 0.0255. The van der Waals surface area contributed by atoms with E-state index in [2.05, 4.69) is 5.32 Å². The second-order valence-electron chi connectivity index (χ2n) is 6.75. The highest BCUT2D eigenvalue weighted by Gasteiger charge is 2.35. The molecule has 23 heavy (non-hydrogen) atoms. The number of methoxy groups -OCH3 is 1. The van der Waals surface area contributed by atoms with E-state index in [-0.39, 0.29) is 23.3 Å². The van der Waals surface area contributed by atoms with Crippen molar-refractivity contribution in [1.82, 2.24) is 10.2 Å². The van der Waals surface area contributed by atoms with Gasteiger partial charge in [0.2, 0.25) is 11.8 Å². The fraction of sp³-hybridized carbons (Fsp3) is 0.556. The minimum Gasteiger partial charge on any atom is -0.497 e. The van der Waals surface area contributed by atoms with Crippen molar-refractivity contribution in [1.29, 1.82) is 0 Å². The van der Waals surface area contributed by atoms with Gasteiger partial charge in [-0.1, -0.05) is 19.1 Å². The smallest absolute Gasteiger partial charge is 0.225 e. The average molecular weight is 318 g/mol. The number of ether oxygens (including phenoxy) is 1. The SMILES string of the molecule is CCC(C)(C)NC(=O)[C@@H]1CC(=O)N(Cc2ccc(OC)cc2)C1. The number of carbonyl (C=O) groups excluding carboxylic acids is 2. The van der Waals surface area contributed by atoms with Crippen molar-refractivity contribution in [2.45, 2.75) is 45.7 Å². The summed E-state index contributed by atoms with van der Waals surface area (Å²) in [5.41, 5.74) is 0.804. The quantitative estimate of drug-likeness (QED) is 0.876. The predicted octanol–water partition coefficient (Wildman–Crippen LogP) is 2.35. The molecule has 0 spiro atoms. The number of rotatable bonds is 6. The molecule has 1 heterocycles. The van der Waals surface area contributed by atoms with E-state index in [1.807, 2.05) is 45.0 Å². The number of carbonyl (C=O) groups is 2. The van der Waals surface area contributed by atoms with Crippen LogP contribution in [0, 0.1) is 5.92 Å². The Balaban J connectivity index is 1.95. The fourth-order valence-electron chi connectivity index (χ4n) is 2.58. The molecule has 1 fully saturated rings. The molecule has 5 nitrogen and oxygen atoms in total. The van der Waals surface area contributed by atoms with E-state index in [0.717, 1.165) is 17.7 Å². The Morgan fingerprint density at radius 1 is 1.35 bits per heavy atom. The number of likely N-dealkylation sites (tertiary alicyclic amines) is 1. The van der Waals surface area contributed by atoms with Crippen molar-refractivity contribution >= 4 is 11.8 Å². The fourth-order valence-corrected chi connectivity index (χ4v) is 2.58. The van der Waals surface area contributed by atoms with Gasteiger partial charge in [0.1, 0.15) is 5.75 Å². The second-order valence-corrected chi connectivity index (χ2v) is 6.75. The molecular weight excluding hydrogens is 292 g/mol. The molecule has 1 aliphatic heterocycles. The molecule has 1 saturated heterocycles. The number of amides is 2. The zero-order valence-electron chi connectivity index (χ0n) is 14.4. The Labute approximate surface area is 138 Å². The summed E-state index contributed by atoms with van der Waals surface area (Å²) in [6, 6.07) is 7.65. The zero-order valence-corrected chi connectivity index (χ0v) is 14.4. The van der Waals surface area contributed by atoms with E-state index >= 15 is 0 Å². The molecule has 5 heteroatoms. The van der Waals surface area contributed by atoms with E-state index in [1.54, 1.807) is 12.0 Å². The number of benzene rings is 1. The Hall–Kier alpha value is -2.04. The molecule has 0 unspecified atom stereocenters. The summed E-state index contributed by atoms with van der Waals surface area (Å²) in [4.78, 5) is 26.3. The first-order valence-electron chi connectivity index (χ1n) is 8.07. The summed E-state index contributed by atoms with van der Waals surface area (Å²) in [6.45, 7) is 7.05. The van der Waals surface area contributed by atoms with E-state index < -0.39 is 0 Å². The minimum atomic E-state index is -0.258. The third-order valence-electron chi connectivity index (χ3n) is 4.46. The Kier molecular flexibility index (Phi) is 5.29. The van der Waals surface area contributed by atoms with Crippen molar-refractivity contribution in [3.8, 4) is 5.75 Å². The maximum absolute atomic E-state index is 12.3. The molecule has 1 aromatic carbocycles. The van der Waals surface area contributed by atoms with Gasteiger partial charge < -0.3 is 15.0 Å². The summed E-state index contributed by atoms with van der Waals surface area (Å²) in [7, 11) is 1.63. The molecule has 0 aliphatic carbocycles. The highest BCUT2D eigenvalue weighted by molar-refractivity contribution is 5.89. The standard InChI is InChI=1S/C18H26N2O3/c1-5-18(2,3)19-17(22)14-10-16(21)20(12-14)11-13-6-8-15(23-4)9-7-13/h6-9,14H,5,10-12H2,1-4H3,(H,19,22)/t14-/m1/s1. The lowest BCUT2D eigenvalue weighted by Crippen LogP contribution is -2.46. The topological polar surface area (TPSA) is 58.6 Å². The molecule has 2 amide bonds. The van der Waals surface area contributed by atoms with Crippen molar-refractivity contribution in [2.24, 2.45) is 5.92 Å². The van der Waals surface area contributed by atoms with Crippen molar-refractivity contribution in [3.05, 3.63) is 29.8 Å². The molecule has 126 valence electrons. The average Bonchev–Trinajstić information content (AvgIpc) is 2.89. The third kappa shape index (κ3) is 4.47. The first-order chi connectivity index (χ1) is 10.8. The van der Waals surface area contributed by atoms with Gasteiger partial charge in [-0.25, -0.2) is 0 Å². The van der Waals surface area contributed by atoms with E-state index in [0.29, 0.717) is 19.5 Å². The normalized spacial score (nSPS) is 18.2. The van der Waals surface area contributed by atoms with Gasteiger partial charge in [0.25, 0.3) is 0 Å². The van der Waals surface area contributed by atoms with Crippen molar-refractivity contribution in [3.63, 3.8) is 0 Å². The maximum atomic E-state index is 12.3. The molecule has 1 aliphatic rings. The number of hydrogen-bond donors (Lipinski definition) is 1. The summed E-state index contributed by atoms with van der Waals surface area (Å²) in [5, 5.41) is 3.03. The van der Waals surface area contributed by atoms with Crippen molar-refractivity contribution in [2.75, 3.05) is 13.7 Å². The van der Waals surface area contributed by atoms with Crippen LogP contribution in [0.1, 0.15) is 39.2 Å². The summed E-state index contributed by atoms with van der Waals surface area (Å²) in [6.07, 6.45) is 1.15. The molecule has 0 saturated carbocycles. The van der Waals surface area contributed by atoms with E-state index in [1.165, 1.54) is 0 Å². The van der Waals surface area contributed by atoms with Crippen LogP contribution in [0.3, 0.4) is 0 Å². The summed E-state index contributed by atoms with van der Waals surface area (Å²) >= 11 is 0. The molecule has 0 bridgehead atoms. The Morgan fingerprint density at radius 3 is 2.57 bits per heavy atom. The largest absolute Gasteiger partial charge is 0.497 e. The summed E-state index contributed by atoms with van der Waals surface area (Å²) in [5.74, 6) is 0.546. The van der Waals surface area contributed by atoms with Crippen LogP contribution < -0.4 is 10.1 Å². The van der Waals surface area contributed by atoms with Gasteiger partial charge in [-0.15, -0.1) is 0 Å². The molecule has 0 aromatic heterocycles. The number of nitrogens with zero attached hydrogens (tertiary/aromatic N) is 1. The van der Waals surface area contributed by atoms with Crippen LogP contribution in [0.25, 0.3) is 0 Å². The lowest BCUT2D eigenvalue weighted by molar-refractivity contribution is -0.129. The molecule has 1 atom stereocenters. The number of nitrogens with one attached hydrogen (secondary N) is 1. The second kappa shape index (κ2) is 7.02. The van der Waals surface area contributed by atoms with E-state index in [4.69, 9.17) is 4.74 Å². The molecule has 1 aromatic rings. The first-order valence-corrected chi connectivity index (χ1v) is 8.07. The van der Waals surface area contributed by atoms with Gasteiger partial charge in [-0.2, -0.15) is 0 Å². The van der Waals surface area contributed by atoms with Gasteiger partial charge in [-0.05, 0) is 38.0 Å². The zero-order chi connectivity index (χ0) is 17.0. The maximum Gasteiger partial charge on any atom is 0.225 e. The highest BCUT2D eigenvalue weighted by Crippen LogP contribution is 2.22. The van der Waals surface area contributed by atoms with Crippen LogP contribution in [0.5, 0.6) is 5.75 Å². The molecule has 0 radical (unpaired) electrons. The third-order valence-corrected chi connectivity index (χ3v) is 4.46. The first kappa shape index (κ1) is 17.3. The summed E-state index contributed by atoms with van der Waals surface area (Å²) < 4.78 is 5.13. The monoisotopic (exact) mass is 318 g/mol. The Bertz CT molecular complexity index is 566. The van der Waals surface area contributed by atoms with Crippen LogP contribution in [0.15, 0.2) is 24.3 Å².